The first-order chi connectivity index (χ1) is 15.1. The molecular formula is C21H18ClN5O3S. The van der Waals surface area contributed by atoms with Crippen LogP contribution >= 0.6 is 23.4 Å². The second kappa shape index (κ2) is 9.76. The van der Waals surface area contributed by atoms with Gasteiger partial charge in [-0.25, -0.2) is 0 Å². The molecule has 1 amide bonds. The van der Waals surface area contributed by atoms with Crippen molar-refractivity contribution in [3.8, 4) is 11.5 Å². The number of hydrogen-bond donors (Lipinski definition) is 1. The highest BCUT2D eigenvalue weighted by Crippen LogP contribution is 2.26. The van der Waals surface area contributed by atoms with Crippen molar-refractivity contribution in [3.05, 3.63) is 70.8 Å². The lowest BCUT2D eigenvalue weighted by Crippen LogP contribution is -2.12. The van der Waals surface area contributed by atoms with Gasteiger partial charge < -0.3 is 14.3 Å². The number of rotatable bonds is 8. The number of hydrogen-bond acceptors (Lipinski definition) is 8. The summed E-state index contributed by atoms with van der Waals surface area (Å²) >= 11 is 7.23. The molecule has 0 saturated heterocycles. The quantitative estimate of drug-likeness (QED) is 0.372. The van der Waals surface area contributed by atoms with Crippen LogP contribution in [0.3, 0.4) is 0 Å². The van der Waals surface area contributed by atoms with E-state index < -0.39 is 0 Å². The molecule has 158 valence electrons. The van der Waals surface area contributed by atoms with Crippen LogP contribution in [0.25, 0.3) is 11.5 Å². The summed E-state index contributed by atoms with van der Waals surface area (Å²) in [5.41, 5.74) is 2.61. The molecule has 0 fully saturated rings. The summed E-state index contributed by atoms with van der Waals surface area (Å²) < 4.78 is 10.9. The zero-order valence-corrected chi connectivity index (χ0v) is 18.1. The van der Waals surface area contributed by atoms with Gasteiger partial charge in [-0.05, 0) is 36.8 Å². The summed E-state index contributed by atoms with van der Waals surface area (Å²) in [6.45, 7) is 1.99. The molecule has 4 aromatic rings. The van der Waals surface area contributed by atoms with Gasteiger partial charge in [-0.1, -0.05) is 52.8 Å². The molecule has 4 rings (SSSR count). The Labute approximate surface area is 187 Å². The van der Waals surface area contributed by atoms with Crippen LogP contribution in [-0.2, 0) is 17.0 Å². The van der Waals surface area contributed by atoms with Crippen molar-refractivity contribution < 1.29 is 13.7 Å². The molecule has 31 heavy (non-hydrogen) atoms. The third kappa shape index (κ3) is 5.71. The van der Waals surface area contributed by atoms with E-state index in [1.807, 2.05) is 31.2 Å². The molecule has 0 bridgehead atoms. The van der Waals surface area contributed by atoms with Crippen molar-refractivity contribution >= 4 is 35.0 Å². The monoisotopic (exact) mass is 455 g/mol. The lowest BCUT2D eigenvalue weighted by molar-refractivity contribution is -0.116. The van der Waals surface area contributed by atoms with Gasteiger partial charge in [0.05, 0.1) is 5.75 Å². The van der Waals surface area contributed by atoms with Crippen LogP contribution in [0.5, 0.6) is 0 Å². The second-order valence-electron chi connectivity index (χ2n) is 6.64. The number of carbonyl (C=O) groups is 1. The lowest BCUT2D eigenvalue weighted by Gasteiger charge is -2.04. The molecule has 0 aliphatic rings. The van der Waals surface area contributed by atoms with Gasteiger partial charge in [0.2, 0.25) is 17.7 Å². The van der Waals surface area contributed by atoms with Crippen LogP contribution in [-0.4, -0.2) is 26.2 Å². The van der Waals surface area contributed by atoms with Crippen LogP contribution in [0.4, 0.5) is 5.69 Å². The molecule has 8 nitrogen and oxygen atoms in total. The number of aromatic nitrogens is 4. The van der Waals surface area contributed by atoms with Crippen LogP contribution < -0.4 is 5.32 Å². The zero-order valence-electron chi connectivity index (χ0n) is 16.5. The van der Waals surface area contributed by atoms with Crippen molar-refractivity contribution in [2.75, 3.05) is 5.32 Å². The van der Waals surface area contributed by atoms with Crippen LogP contribution in [0, 0.1) is 6.92 Å². The van der Waals surface area contributed by atoms with Crippen LogP contribution in [0.1, 0.15) is 23.7 Å². The molecular weight excluding hydrogens is 438 g/mol. The van der Waals surface area contributed by atoms with Crippen molar-refractivity contribution in [3.63, 3.8) is 0 Å². The molecule has 2 aromatic carbocycles. The van der Waals surface area contributed by atoms with Gasteiger partial charge in [-0.15, -0.1) is 10.2 Å². The molecule has 0 saturated carbocycles. The van der Waals surface area contributed by atoms with E-state index in [0.29, 0.717) is 45.7 Å². The Morgan fingerprint density at radius 2 is 2.03 bits per heavy atom. The summed E-state index contributed by atoms with van der Waals surface area (Å²) in [6, 6.07) is 14.8. The molecule has 0 atom stereocenters. The minimum absolute atomic E-state index is 0.161. The highest BCUT2D eigenvalue weighted by Gasteiger charge is 2.14. The fourth-order valence-corrected chi connectivity index (χ4v) is 3.57. The van der Waals surface area contributed by atoms with Gasteiger partial charge in [-0.2, -0.15) is 4.98 Å². The van der Waals surface area contributed by atoms with E-state index in [-0.39, 0.29) is 12.3 Å². The molecule has 0 aliphatic heterocycles. The van der Waals surface area contributed by atoms with Crippen molar-refractivity contribution in [1.29, 1.82) is 0 Å². The summed E-state index contributed by atoms with van der Waals surface area (Å²) in [4.78, 5) is 16.4. The van der Waals surface area contributed by atoms with Gasteiger partial charge in [0.15, 0.2) is 5.82 Å². The largest absolute Gasteiger partial charge is 0.411 e. The van der Waals surface area contributed by atoms with Crippen molar-refractivity contribution in [1.82, 2.24) is 20.3 Å². The predicted molar refractivity (Wildman–Crippen MR) is 117 cm³/mol. The van der Waals surface area contributed by atoms with Gasteiger partial charge in [0.1, 0.15) is 0 Å². The summed E-state index contributed by atoms with van der Waals surface area (Å²) in [5, 5.41) is 15.9. The minimum atomic E-state index is -0.161. The van der Waals surface area contributed by atoms with E-state index in [0.717, 1.165) is 11.1 Å². The molecule has 2 heterocycles. The Hall–Kier alpha value is -3.17. The number of aryl methyl sites for hydroxylation is 2. The first kappa shape index (κ1) is 21.1. The number of nitrogens with zero attached hydrogens (tertiary/aromatic N) is 4. The van der Waals surface area contributed by atoms with Crippen LogP contribution in [0.2, 0.25) is 5.02 Å². The molecule has 0 aliphatic carbocycles. The maximum absolute atomic E-state index is 12.1. The Morgan fingerprint density at radius 1 is 1.16 bits per heavy atom. The number of anilines is 1. The Bertz CT molecular complexity index is 1190. The number of halogens is 1. The number of thioether (sulfide) groups is 1. The second-order valence-corrected chi connectivity index (χ2v) is 8.00. The first-order valence-electron chi connectivity index (χ1n) is 9.46. The molecule has 2 aromatic heterocycles. The molecule has 0 radical (unpaired) electrons. The summed E-state index contributed by atoms with van der Waals surface area (Å²) in [5.74, 6) is 1.60. The molecule has 10 heteroatoms. The normalized spacial score (nSPS) is 10.9. The average molecular weight is 456 g/mol. The summed E-state index contributed by atoms with van der Waals surface area (Å²) in [7, 11) is 0. The fraction of sp³-hybridized carbons (Fsp3) is 0.190. The minimum Gasteiger partial charge on any atom is -0.411 e. The Kier molecular flexibility index (Phi) is 6.63. The topological polar surface area (TPSA) is 107 Å². The SMILES string of the molecule is Cc1ccccc1-c1nnc(SCc2noc(CCC(=O)Nc3cccc(Cl)c3)n2)o1. The Morgan fingerprint density at radius 3 is 2.87 bits per heavy atom. The van der Waals surface area contributed by atoms with E-state index in [2.05, 4.69) is 25.7 Å². The molecule has 0 spiro atoms. The third-order valence-corrected chi connectivity index (χ3v) is 5.34. The van der Waals surface area contributed by atoms with Gasteiger partial charge >= 0.3 is 0 Å². The van der Waals surface area contributed by atoms with E-state index in [1.165, 1.54) is 11.8 Å². The van der Waals surface area contributed by atoms with E-state index >= 15 is 0 Å². The highest BCUT2D eigenvalue weighted by atomic mass is 35.5. The smallest absolute Gasteiger partial charge is 0.277 e. The van der Waals surface area contributed by atoms with E-state index in [4.69, 9.17) is 20.5 Å². The first-order valence-corrected chi connectivity index (χ1v) is 10.8. The van der Waals surface area contributed by atoms with Gasteiger partial charge in [-0.3, -0.25) is 4.79 Å². The van der Waals surface area contributed by atoms with Crippen molar-refractivity contribution in [2.24, 2.45) is 0 Å². The number of amides is 1. The standard InChI is InChI=1S/C21H18ClN5O3S/c1-13-5-2-3-8-16(13)20-25-26-21(29-20)31-12-17-24-19(30-27-17)10-9-18(28)23-15-7-4-6-14(22)11-15/h2-8,11H,9-10,12H2,1H3,(H,23,28). The van der Waals surface area contributed by atoms with E-state index in [1.54, 1.807) is 24.3 Å². The maximum Gasteiger partial charge on any atom is 0.277 e. The van der Waals surface area contributed by atoms with Crippen LogP contribution in [0.15, 0.2) is 62.7 Å². The van der Waals surface area contributed by atoms with Crippen molar-refractivity contribution in [2.45, 2.75) is 30.7 Å². The number of benzene rings is 2. The number of carbonyl (C=O) groups excluding carboxylic acids is 1. The highest BCUT2D eigenvalue weighted by molar-refractivity contribution is 7.98. The lowest BCUT2D eigenvalue weighted by atomic mass is 10.1. The Balaban J connectivity index is 1.27. The third-order valence-electron chi connectivity index (χ3n) is 4.29. The molecule has 1 N–H and O–H groups in total. The average Bonchev–Trinajstić information content (AvgIpc) is 3.41. The zero-order chi connectivity index (χ0) is 21.6. The maximum atomic E-state index is 12.1. The number of nitrogens with one attached hydrogen (secondary N) is 1. The fourth-order valence-electron chi connectivity index (χ4n) is 2.78. The molecule has 0 unspecified atom stereocenters. The van der Waals surface area contributed by atoms with E-state index in [9.17, 15) is 4.79 Å². The van der Waals surface area contributed by atoms with Gasteiger partial charge in [0, 0.05) is 29.1 Å². The van der Waals surface area contributed by atoms with Gasteiger partial charge in [0.25, 0.3) is 5.22 Å². The summed E-state index contributed by atoms with van der Waals surface area (Å²) in [6.07, 6.45) is 0.548. The predicted octanol–water partition coefficient (Wildman–Crippen LogP) is 4.95.